The zero-order valence-electron chi connectivity index (χ0n) is 13.5. The predicted molar refractivity (Wildman–Crippen MR) is 82.7 cm³/mol. The third-order valence-electron chi connectivity index (χ3n) is 4.62. The quantitative estimate of drug-likeness (QED) is 0.652. The van der Waals surface area contributed by atoms with E-state index in [1.165, 1.54) is 38.5 Å². The zero-order valence-corrected chi connectivity index (χ0v) is 13.5. The third kappa shape index (κ3) is 5.41. The number of hydrogen-bond acceptors (Lipinski definition) is 3. The van der Waals surface area contributed by atoms with Crippen LogP contribution in [0.2, 0.25) is 0 Å². The highest BCUT2D eigenvalue weighted by molar-refractivity contribution is 4.93. The van der Waals surface area contributed by atoms with Crippen LogP contribution in [0.1, 0.15) is 59.3 Å². The second kappa shape index (κ2) is 8.93. The van der Waals surface area contributed by atoms with Gasteiger partial charge >= 0.3 is 0 Å². The Morgan fingerprint density at radius 1 is 1.11 bits per heavy atom. The molecule has 1 rings (SSSR count). The van der Waals surface area contributed by atoms with Crippen molar-refractivity contribution in [3.63, 3.8) is 0 Å². The molecule has 1 N–H and O–H groups in total. The largest absolute Gasteiger partial charge is 0.379 e. The highest BCUT2D eigenvalue weighted by Crippen LogP contribution is 2.24. The summed E-state index contributed by atoms with van der Waals surface area (Å²) in [5, 5.41) is 3.55. The van der Waals surface area contributed by atoms with Gasteiger partial charge in [-0.1, -0.05) is 39.0 Å². The number of ether oxygens (including phenoxy) is 1. The minimum absolute atomic E-state index is 0.225. The lowest BCUT2D eigenvalue weighted by Gasteiger charge is -2.46. The Kier molecular flexibility index (Phi) is 7.96. The van der Waals surface area contributed by atoms with Crippen LogP contribution in [0, 0.1) is 0 Å². The normalized spacial score (nSPS) is 19.6. The molecule has 1 aliphatic heterocycles. The standard InChI is InChI=1S/C16H34N2O/c1-5-6-7-8-9-10-15(17-4)16(2,3)18-11-13-19-14-12-18/h15,17H,5-14H2,1-4H3. The number of morpholine rings is 1. The van der Waals surface area contributed by atoms with Crippen LogP contribution >= 0.6 is 0 Å². The fourth-order valence-electron chi connectivity index (χ4n) is 3.16. The first-order valence-corrected chi connectivity index (χ1v) is 8.13. The molecule has 0 radical (unpaired) electrons. The zero-order chi connectivity index (χ0) is 14.1. The van der Waals surface area contributed by atoms with Gasteiger partial charge in [-0.25, -0.2) is 0 Å². The molecule has 0 amide bonds. The molecule has 0 bridgehead atoms. The average molecular weight is 270 g/mol. The second-order valence-electron chi connectivity index (χ2n) is 6.30. The maximum atomic E-state index is 5.47. The monoisotopic (exact) mass is 270 g/mol. The molecule has 1 heterocycles. The number of rotatable bonds is 9. The molecular formula is C16H34N2O. The molecule has 0 saturated carbocycles. The van der Waals surface area contributed by atoms with Gasteiger partial charge in [0.05, 0.1) is 13.2 Å². The minimum atomic E-state index is 0.225. The Labute approximate surface area is 120 Å². The van der Waals surface area contributed by atoms with Crippen molar-refractivity contribution in [3.05, 3.63) is 0 Å². The van der Waals surface area contributed by atoms with E-state index < -0.39 is 0 Å². The molecule has 1 fully saturated rings. The van der Waals surface area contributed by atoms with E-state index in [0.717, 1.165) is 26.3 Å². The fraction of sp³-hybridized carbons (Fsp3) is 1.00. The van der Waals surface area contributed by atoms with Gasteiger partial charge in [0.15, 0.2) is 0 Å². The van der Waals surface area contributed by atoms with E-state index in [2.05, 4.69) is 38.0 Å². The Morgan fingerprint density at radius 3 is 2.32 bits per heavy atom. The number of unbranched alkanes of at least 4 members (excludes halogenated alkanes) is 4. The number of nitrogens with one attached hydrogen (secondary N) is 1. The molecule has 0 aliphatic carbocycles. The minimum Gasteiger partial charge on any atom is -0.379 e. The van der Waals surface area contributed by atoms with E-state index in [1.807, 2.05) is 0 Å². The van der Waals surface area contributed by atoms with E-state index in [4.69, 9.17) is 4.74 Å². The van der Waals surface area contributed by atoms with Gasteiger partial charge in [-0.2, -0.15) is 0 Å². The predicted octanol–water partition coefficient (Wildman–Crippen LogP) is 3.05. The third-order valence-corrected chi connectivity index (χ3v) is 4.62. The second-order valence-corrected chi connectivity index (χ2v) is 6.30. The molecule has 0 aromatic carbocycles. The summed E-state index contributed by atoms with van der Waals surface area (Å²) >= 11 is 0. The molecule has 1 saturated heterocycles. The number of nitrogens with zero attached hydrogens (tertiary/aromatic N) is 1. The summed E-state index contributed by atoms with van der Waals surface area (Å²) in [4.78, 5) is 2.59. The SMILES string of the molecule is CCCCCCCC(NC)C(C)(C)N1CCOCC1. The van der Waals surface area contributed by atoms with Gasteiger partial charge in [-0.05, 0) is 27.3 Å². The van der Waals surface area contributed by atoms with Gasteiger partial charge in [0.1, 0.15) is 0 Å². The molecule has 0 aromatic rings. The van der Waals surface area contributed by atoms with Crippen LogP contribution in [0.4, 0.5) is 0 Å². The fourth-order valence-corrected chi connectivity index (χ4v) is 3.16. The average Bonchev–Trinajstić information content (AvgIpc) is 2.43. The summed E-state index contributed by atoms with van der Waals surface area (Å²) in [5.74, 6) is 0. The molecule has 0 aromatic heterocycles. The summed E-state index contributed by atoms with van der Waals surface area (Å²) in [6, 6.07) is 0.576. The van der Waals surface area contributed by atoms with Crippen molar-refractivity contribution >= 4 is 0 Å². The summed E-state index contributed by atoms with van der Waals surface area (Å²) in [7, 11) is 2.11. The van der Waals surface area contributed by atoms with Crippen molar-refractivity contribution < 1.29 is 4.74 Å². The lowest BCUT2D eigenvalue weighted by molar-refractivity contribution is -0.0237. The Bertz CT molecular complexity index is 225. The number of likely N-dealkylation sites (N-methyl/N-ethyl adjacent to an activating group) is 1. The summed E-state index contributed by atoms with van der Waals surface area (Å²) in [6.45, 7) is 10.9. The lowest BCUT2D eigenvalue weighted by atomic mass is 9.88. The van der Waals surface area contributed by atoms with Crippen LogP contribution < -0.4 is 5.32 Å². The maximum absolute atomic E-state index is 5.47. The van der Waals surface area contributed by atoms with E-state index in [0.29, 0.717) is 6.04 Å². The van der Waals surface area contributed by atoms with Crippen molar-refractivity contribution in [3.8, 4) is 0 Å². The van der Waals surface area contributed by atoms with Crippen molar-refractivity contribution in [2.24, 2.45) is 0 Å². The van der Waals surface area contributed by atoms with E-state index in [1.54, 1.807) is 0 Å². The van der Waals surface area contributed by atoms with Crippen LogP contribution in [0.15, 0.2) is 0 Å². The molecule has 114 valence electrons. The van der Waals surface area contributed by atoms with E-state index in [-0.39, 0.29) is 5.54 Å². The summed E-state index contributed by atoms with van der Waals surface area (Å²) in [5.41, 5.74) is 0.225. The van der Waals surface area contributed by atoms with Crippen LogP contribution in [-0.4, -0.2) is 49.8 Å². The molecule has 1 unspecified atom stereocenters. The van der Waals surface area contributed by atoms with Crippen molar-refractivity contribution in [1.82, 2.24) is 10.2 Å². The molecule has 1 atom stereocenters. The smallest absolute Gasteiger partial charge is 0.0594 e. The lowest BCUT2D eigenvalue weighted by Crippen LogP contribution is -2.59. The molecular weight excluding hydrogens is 236 g/mol. The van der Waals surface area contributed by atoms with Crippen LogP contribution in [0.25, 0.3) is 0 Å². The van der Waals surface area contributed by atoms with Crippen LogP contribution in [0.5, 0.6) is 0 Å². The summed E-state index contributed by atoms with van der Waals surface area (Å²) < 4.78 is 5.47. The van der Waals surface area contributed by atoms with Crippen molar-refractivity contribution in [1.29, 1.82) is 0 Å². The van der Waals surface area contributed by atoms with Crippen LogP contribution in [0.3, 0.4) is 0 Å². The van der Waals surface area contributed by atoms with Crippen molar-refractivity contribution in [2.45, 2.75) is 70.9 Å². The van der Waals surface area contributed by atoms with E-state index >= 15 is 0 Å². The van der Waals surface area contributed by atoms with Gasteiger partial charge in [-0.15, -0.1) is 0 Å². The molecule has 0 spiro atoms. The Hall–Kier alpha value is -0.120. The van der Waals surface area contributed by atoms with Gasteiger partial charge in [0.2, 0.25) is 0 Å². The Balaban J connectivity index is 2.37. The van der Waals surface area contributed by atoms with E-state index in [9.17, 15) is 0 Å². The topological polar surface area (TPSA) is 24.5 Å². The van der Waals surface area contributed by atoms with Crippen molar-refractivity contribution in [2.75, 3.05) is 33.4 Å². The maximum Gasteiger partial charge on any atom is 0.0594 e. The highest BCUT2D eigenvalue weighted by Gasteiger charge is 2.34. The number of hydrogen-bond donors (Lipinski definition) is 1. The van der Waals surface area contributed by atoms with Gasteiger partial charge in [-0.3, -0.25) is 4.90 Å². The van der Waals surface area contributed by atoms with Crippen LogP contribution in [-0.2, 0) is 4.74 Å². The first kappa shape index (κ1) is 16.9. The van der Waals surface area contributed by atoms with Gasteiger partial charge < -0.3 is 10.1 Å². The first-order valence-electron chi connectivity index (χ1n) is 8.13. The highest BCUT2D eigenvalue weighted by atomic mass is 16.5. The first-order chi connectivity index (χ1) is 9.12. The van der Waals surface area contributed by atoms with Gasteiger partial charge in [0, 0.05) is 24.7 Å². The summed E-state index contributed by atoms with van der Waals surface area (Å²) in [6.07, 6.45) is 8.12. The Morgan fingerprint density at radius 2 is 1.74 bits per heavy atom. The molecule has 19 heavy (non-hydrogen) atoms. The van der Waals surface area contributed by atoms with Gasteiger partial charge in [0.25, 0.3) is 0 Å². The molecule has 1 aliphatic rings. The molecule has 3 heteroatoms. The molecule has 3 nitrogen and oxygen atoms in total.